The van der Waals surface area contributed by atoms with E-state index < -0.39 is 11.7 Å². The van der Waals surface area contributed by atoms with Gasteiger partial charge < -0.3 is 10.6 Å². The zero-order valence-electron chi connectivity index (χ0n) is 10.0. The van der Waals surface area contributed by atoms with E-state index in [1.165, 1.54) is 26.0 Å². The third-order valence-corrected chi connectivity index (χ3v) is 1.97. The van der Waals surface area contributed by atoms with Crippen LogP contribution in [0.1, 0.15) is 20.3 Å². The quantitative estimate of drug-likeness (QED) is 0.801. The van der Waals surface area contributed by atoms with Gasteiger partial charge in [0.05, 0.1) is 12.1 Å². The molecule has 0 fully saturated rings. The van der Waals surface area contributed by atoms with Gasteiger partial charge in [0.2, 0.25) is 11.8 Å². The third-order valence-electron chi connectivity index (χ3n) is 1.97. The zero-order chi connectivity index (χ0) is 13.7. The lowest BCUT2D eigenvalue weighted by atomic mass is 10.2. The first kappa shape index (κ1) is 13.8. The summed E-state index contributed by atoms with van der Waals surface area (Å²) >= 11 is 0. The van der Waals surface area contributed by atoms with Crippen molar-refractivity contribution in [2.75, 3.05) is 10.6 Å². The standard InChI is InChI=1S/C12H13FN2O3/c1-7(16)5-12(18)15-11-6-9(14-8(2)17)3-4-10(11)13/h3-4,6H,5H2,1-2H3,(H,14,17)(H,15,18). The largest absolute Gasteiger partial charge is 0.326 e. The van der Waals surface area contributed by atoms with Crippen LogP contribution in [0.4, 0.5) is 15.8 Å². The molecule has 0 heterocycles. The minimum absolute atomic E-state index is 0.0764. The molecule has 0 bridgehead atoms. The SMILES string of the molecule is CC(=O)CC(=O)Nc1cc(NC(C)=O)ccc1F. The maximum atomic E-state index is 13.4. The molecular formula is C12H13FN2O3. The lowest BCUT2D eigenvalue weighted by molar-refractivity contribution is -0.124. The Morgan fingerprint density at radius 2 is 1.83 bits per heavy atom. The van der Waals surface area contributed by atoms with Gasteiger partial charge in [-0.2, -0.15) is 0 Å². The van der Waals surface area contributed by atoms with E-state index in [-0.39, 0.29) is 23.8 Å². The maximum Gasteiger partial charge on any atom is 0.231 e. The van der Waals surface area contributed by atoms with Crippen molar-refractivity contribution < 1.29 is 18.8 Å². The van der Waals surface area contributed by atoms with Gasteiger partial charge in [-0.1, -0.05) is 0 Å². The van der Waals surface area contributed by atoms with Crippen molar-refractivity contribution in [2.24, 2.45) is 0 Å². The molecule has 0 aliphatic carbocycles. The van der Waals surface area contributed by atoms with Gasteiger partial charge in [0.25, 0.3) is 0 Å². The van der Waals surface area contributed by atoms with Gasteiger partial charge in [-0.25, -0.2) is 4.39 Å². The number of halogens is 1. The van der Waals surface area contributed by atoms with Crippen molar-refractivity contribution in [2.45, 2.75) is 20.3 Å². The Labute approximate surface area is 103 Å². The molecule has 0 aliphatic heterocycles. The summed E-state index contributed by atoms with van der Waals surface area (Å²) in [7, 11) is 0. The van der Waals surface area contributed by atoms with Gasteiger partial charge >= 0.3 is 0 Å². The van der Waals surface area contributed by atoms with E-state index in [2.05, 4.69) is 10.6 Å². The van der Waals surface area contributed by atoms with Crippen molar-refractivity contribution in [3.8, 4) is 0 Å². The zero-order valence-corrected chi connectivity index (χ0v) is 10.0. The lowest BCUT2D eigenvalue weighted by Crippen LogP contribution is -2.16. The number of carbonyl (C=O) groups is 3. The summed E-state index contributed by atoms with van der Waals surface area (Å²) in [6.07, 6.45) is -0.316. The van der Waals surface area contributed by atoms with Gasteiger partial charge in [-0.05, 0) is 25.1 Å². The molecule has 18 heavy (non-hydrogen) atoms. The molecule has 1 aromatic carbocycles. The molecule has 0 unspecified atom stereocenters. The van der Waals surface area contributed by atoms with Crippen LogP contribution >= 0.6 is 0 Å². The lowest BCUT2D eigenvalue weighted by Gasteiger charge is -2.08. The second kappa shape index (κ2) is 5.90. The Bertz CT molecular complexity index is 500. The van der Waals surface area contributed by atoms with Crippen molar-refractivity contribution in [3.05, 3.63) is 24.0 Å². The molecule has 0 aliphatic rings. The number of hydrogen-bond acceptors (Lipinski definition) is 3. The predicted molar refractivity (Wildman–Crippen MR) is 64.6 cm³/mol. The Hall–Kier alpha value is -2.24. The number of carbonyl (C=O) groups excluding carboxylic acids is 3. The molecule has 0 aromatic heterocycles. The van der Waals surface area contributed by atoms with Crippen LogP contribution in [0.15, 0.2) is 18.2 Å². The molecule has 0 saturated heterocycles. The number of ketones is 1. The van der Waals surface area contributed by atoms with Crippen LogP contribution in [0, 0.1) is 5.82 Å². The van der Waals surface area contributed by atoms with E-state index in [0.717, 1.165) is 6.07 Å². The van der Waals surface area contributed by atoms with Crippen LogP contribution in [-0.2, 0) is 14.4 Å². The Morgan fingerprint density at radius 1 is 1.17 bits per heavy atom. The van der Waals surface area contributed by atoms with Crippen molar-refractivity contribution in [1.29, 1.82) is 0 Å². The highest BCUT2D eigenvalue weighted by Gasteiger charge is 2.10. The molecule has 1 aromatic rings. The molecule has 2 N–H and O–H groups in total. The minimum Gasteiger partial charge on any atom is -0.326 e. The van der Waals surface area contributed by atoms with E-state index in [9.17, 15) is 18.8 Å². The number of nitrogens with one attached hydrogen (secondary N) is 2. The summed E-state index contributed by atoms with van der Waals surface area (Å²) in [5.74, 6) is -1.85. The molecule has 2 amide bonds. The van der Waals surface area contributed by atoms with Crippen LogP contribution in [0.5, 0.6) is 0 Å². The van der Waals surface area contributed by atoms with Crippen LogP contribution in [0.2, 0.25) is 0 Å². The topological polar surface area (TPSA) is 75.3 Å². The molecule has 0 atom stereocenters. The van der Waals surface area contributed by atoms with Crippen LogP contribution in [0.3, 0.4) is 0 Å². The predicted octanol–water partition coefficient (Wildman–Crippen LogP) is 1.70. The molecule has 5 nitrogen and oxygen atoms in total. The van der Waals surface area contributed by atoms with Crippen molar-refractivity contribution in [3.63, 3.8) is 0 Å². The van der Waals surface area contributed by atoms with E-state index in [4.69, 9.17) is 0 Å². The fourth-order valence-corrected chi connectivity index (χ4v) is 1.32. The molecular weight excluding hydrogens is 239 g/mol. The van der Waals surface area contributed by atoms with Crippen molar-refractivity contribution in [1.82, 2.24) is 0 Å². The molecule has 0 radical (unpaired) electrons. The first-order valence-corrected chi connectivity index (χ1v) is 5.25. The van der Waals surface area contributed by atoms with Gasteiger partial charge in [0.15, 0.2) is 0 Å². The summed E-state index contributed by atoms with van der Waals surface area (Å²) in [5.41, 5.74) is 0.287. The first-order chi connectivity index (χ1) is 8.38. The van der Waals surface area contributed by atoms with Gasteiger partial charge in [0, 0.05) is 12.6 Å². The fourth-order valence-electron chi connectivity index (χ4n) is 1.32. The minimum atomic E-state index is -0.638. The Morgan fingerprint density at radius 3 is 2.39 bits per heavy atom. The number of hydrogen-bond donors (Lipinski definition) is 2. The molecule has 96 valence electrons. The number of amides is 2. The van der Waals surface area contributed by atoms with Gasteiger partial charge in [-0.15, -0.1) is 0 Å². The monoisotopic (exact) mass is 252 g/mol. The fraction of sp³-hybridized carbons (Fsp3) is 0.250. The number of rotatable bonds is 4. The summed E-state index contributed by atoms with van der Waals surface area (Å²) in [5, 5.41) is 4.73. The second-order valence-corrected chi connectivity index (χ2v) is 3.80. The third kappa shape index (κ3) is 4.32. The van der Waals surface area contributed by atoms with Crippen LogP contribution in [0.25, 0.3) is 0 Å². The first-order valence-electron chi connectivity index (χ1n) is 5.25. The smallest absolute Gasteiger partial charge is 0.231 e. The van der Waals surface area contributed by atoms with E-state index in [1.807, 2.05) is 0 Å². The average Bonchev–Trinajstić information content (AvgIpc) is 2.21. The summed E-state index contributed by atoms with van der Waals surface area (Å²) in [6.45, 7) is 2.58. The van der Waals surface area contributed by atoms with Crippen LogP contribution < -0.4 is 10.6 Å². The maximum absolute atomic E-state index is 13.4. The van der Waals surface area contributed by atoms with Gasteiger partial charge in [0.1, 0.15) is 11.6 Å². The molecule has 1 rings (SSSR count). The molecule has 0 saturated carbocycles. The van der Waals surface area contributed by atoms with Crippen molar-refractivity contribution >= 4 is 29.0 Å². The summed E-state index contributed by atoms with van der Waals surface area (Å²) in [6, 6.07) is 3.78. The van der Waals surface area contributed by atoms with Gasteiger partial charge in [-0.3, -0.25) is 14.4 Å². The number of benzene rings is 1. The number of Topliss-reactive ketones (excluding diaryl/α,β-unsaturated/α-hetero) is 1. The highest BCUT2D eigenvalue weighted by Crippen LogP contribution is 2.19. The Balaban J connectivity index is 2.84. The number of anilines is 2. The second-order valence-electron chi connectivity index (χ2n) is 3.80. The van der Waals surface area contributed by atoms with Crippen LogP contribution in [-0.4, -0.2) is 17.6 Å². The molecule has 0 spiro atoms. The summed E-state index contributed by atoms with van der Waals surface area (Å²) in [4.78, 5) is 32.9. The Kier molecular flexibility index (Phi) is 4.53. The summed E-state index contributed by atoms with van der Waals surface area (Å²) < 4.78 is 13.4. The van der Waals surface area contributed by atoms with E-state index in [0.29, 0.717) is 5.69 Å². The highest BCUT2D eigenvalue weighted by atomic mass is 19.1. The van der Waals surface area contributed by atoms with E-state index >= 15 is 0 Å². The highest BCUT2D eigenvalue weighted by molar-refractivity contribution is 6.03. The normalized spacial score (nSPS) is 9.72. The molecule has 6 heteroatoms. The van der Waals surface area contributed by atoms with E-state index in [1.54, 1.807) is 0 Å². The average molecular weight is 252 g/mol.